The van der Waals surface area contributed by atoms with Gasteiger partial charge in [-0.05, 0) is 83.5 Å². The predicted octanol–water partition coefficient (Wildman–Crippen LogP) is 20.4. The number of hydrogen-bond acceptors (Lipinski definition) is 5. The molecule has 3 N–H and O–H groups in total. The third kappa shape index (κ3) is 57.4. The van der Waals surface area contributed by atoms with Gasteiger partial charge in [0, 0.05) is 12.8 Å². The molecular formula is C66H125NO5. The second kappa shape index (κ2) is 61.6. The van der Waals surface area contributed by atoms with Crippen LogP contribution in [0.1, 0.15) is 348 Å². The van der Waals surface area contributed by atoms with Crippen LogP contribution in [0.5, 0.6) is 0 Å². The Hall–Kier alpha value is -1.92. The molecule has 0 aliphatic carbocycles. The van der Waals surface area contributed by atoms with Crippen molar-refractivity contribution < 1.29 is 24.5 Å². The Morgan fingerprint density at radius 1 is 0.389 bits per heavy atom. The molecule has 1 amide bonds. The lowest BCUT2D eigenvalue weighted by Crippen LogP contribution is -2.45. The van der Waals surface area contributed by atoms with Crippen LogP contribution in [-0.2, 0) is 14.3 Å². The molecule has 0 aromatic rings. The standard InChI is InChI=1S/C66H125NO5/c1-3-5-7-9-11-13-15-17-19-20-24-27-31-34-38-42-46-50-54-58-64(69)63(62-68)67-65(70)59-55-51-47-43-39-35-32-28-25-22-21-23-26-29-33-37-41-45-49-53-57-61-72-66(71)60-56-52-48-44-40-36-30-18-16-14-12-10-8-6-4-2/h12,14,18,22,25,30,63-64,68-69H,3-11,13,15-17,19-21,23-24,26-29,31-62H2,1-2H3,(H,67,70)/b14-12-,25-22-,30-18-. The fourth-order valence-corrected chi connectivity index (χ4v) is 9.96. The van der Waals surface area contributed by atoms with Gasteiger partial charge in [-0.15, -0.1) is 0 Å². The summed E-state index contributed by atoms with van der Waals surface area (Å²) in [5.41, 5.74) is 0. The van der Waals surface area contributed by atoms with Gasteiger partial charge in [-0.25, -0.2) is 0 Å². The highest BCUT2D eigenvalue weighted by molar-refractivity contribution is 5.76. The quantitative estimate of drug-likeness (QED) is 0.0320. The van der Waals surface area contributed by atoms with Gasteiger partial charge in [0.05, 0.1) is 25.4 Å². The lowest BCUT2D eigenvalue weighted by molar-refractivity contribution is -0.143. The molecule has 0 aromatic heterocycles. The minimum Gasteiger partial charge on any atom is -0.466 e. The molecular weight excluding hydrogens is 887 g/mol. The number of carbonyl (C=O) groups excluding carboxylic acids is 2. The van der Waals surface area contributed by atoms with Crippen LogP contribution in [0.3, 0.4) is 0 Å². The van der Waals surface area contributed by atoms with Crippen LogP contribution in [0.15, 0.2) is 36.5 Å². The minimum atomic E-state index is -0.670. The zero-order valence-electron chi connectivity index (χ0n) is 48.4. The number of aliphatic hydroxyl groups is 2. The van der Waals surface area contributed by atoms with Crippen molar-refractivity contribution in [2.24, 2.45) is 0 Å². The number of unbranched alkanes of at least 4 members (excludes halogenated alkanes) is 43. The summed E-state index contributed by atoms with van der Waals surface area (Å²) in [6.07, 6.45) is 77.3. The first-order valence-electron chi connectivity index (χ1n) is 32.2. The van der Waals surface area contributed by atoms with E-state index in [2.05, 4.69) is 55.6 Å². The summed E-state index contributed by atoms with van der Waals surface area (Å²) in [5.74, 6) is -0.0458. The maximum absolute atomic E-state index is 12.5. The Kier molecular flexibility index (Phi) is 60.0. The highest BCUT2D eigenvalue weighted by Gasteiger charge is 2.20. The highest BCUT2D eigenvalue weighted by atomic mass is 16.5. The van der Waals surface area contributed by atoms with Crippen molar-refractivity contribution in [1.29, 1.82) is 0 Å². The molecule has 0 fully saturated rings. The van der Waals surface area contributed by atoms with E-state index < -0.39 is 12.1 Å². The van der Waals surface area contributed by atoms with Gasteiger partial charge < -0.3 is 20.3 Å². The van der Waals surface area contributed by atoms with Crippen LogP contribution in [0.4, 0.5) is 0 Å². The van der Waals surface area contributed by atoms with Crippen molar-refractivity contribution >= 4 is 11.9 Å². The highest BCUT2D eigenvalue weighted by Crippen LogP contribution is 2.18. The third-order valence-electron chi connectivity index (χ3n) is 14.9. The van der Waals surface area contributed by atoms with Gasteiger partial charge in [-0.1, -0.05) is 288 Å². The number of rotatable bonds is 60. The summed E-state index contributed by atoms with van der Waals surface area (Å²) < 4.78 is 5.48. The largest absolute Gasteiger partial charge is 0.466 e. The van der Waals surface area contributed by atoms with E-state index in [1.165, 1.54) is 263 Å². The molecule has 6 heteroatoms. The van der Waals surface area contributed by atoms with E-state index in [-0.39, 0.29) is 18.5 Å². The summed E-state index contributed by atoms with van der Waals surface area (Å²) in [6, 6.07) is -0.548. The fraction of sp³-hybridized carbons (Fsp3) is 0.879. The van der Waals surface area contributed by atoms with Gasteiger partial charge >= 0.3 is 5.97 Å². The van der Waals surface area contributed by atoms with Gasteiger partial charge in [-0.2, -0.15) is 0 Å². The number of allylic oxidation sites excluding steroid dienone is 6. The summed E-state index contributed by atoms with van der Waals surface area (Å²) in [7, 11) is 0. The predicted molar refractivity (Wildman–Crippen MR) is 315 cm³/mol. The van der Waals surface area contributed by atoms with E-state index in [1.54, 1.807) is 0 Å². The lowest BCUT2D eigenvalue weighted by Gasteiger charge is -2.22. The Morgan fingerprint density at radius 2 is 0.694 bits per heavy atom. The summed E-state index contributed by atoms with van der Waals surface area (Å²) in [6.45, 7) is 4.93. The first-order chi connectivity index (χ1) is 35.5. The number of hydrogen-bond donors (Lipinski definition) is 3. The molecule has 2 atom stereocenters. The Balaban J connectivity index is 3.43. The number of ether oxygens (including phenoxy) is 1. The molecule has 0 spiro atoms. The smallest absolute Gasteiger partial charge is 0.305 e. The molecule has 6 nitrogen and oxygen atoms in total. The van der Waals surface area contributed by atoms with Crippen LogP contribution >= 0.6 is 0 Å². The second-order valence-electron chi connectivity index (χ2n) is 22.1. The molecule has 0 rings (SSSR count). The van der Waals surface area contributed by atoms with Gasteiger partial charge in [0.15, 0.2) is 0 Å². The SMILES string of the molecule is CCCCC/C=C\C/C=C\CCCCCCCC(=O)OCCCCCCCCCCCC/C=C\CCCCCCCCCC(=O)NC(CO)C(O)CCCCCCCCCCCCCCCCCCCCC. The molecule has 0 saturated carbocycles. The molecule has 0 bridgehead atoms. The van der Waals surface area contributed by atoms with Crippen LogP contribution in [0, 0.1) is 0 Å². The van der Waals surface area contributed by atoms with E-state index >= 15 is 0 Å². The zero-order chi connectivity index (χ0) is 52.2. The number of amides is 1. The van der Waals surface area contributed by atoms with Gasteiger partial charge in [-0.3, -0.25) is 9.59 Å². The van der Waals surface area contributed by atoms with Crippen molar-refractivity contribution in [3.63, 3.8) is 0 Å². The first-order valence-corrected chi connectivity index (χ1v) is 32.2. The molecule has 0 aromatic carbocycles. The molecule has 0 heterocycles. The zero-order valence-corrected chi connectivity index (χ0v) is 48.4. The molecule has 0 radical (unpaired) electrons. The van der Waals surface area contributed by atoms with Gasteiger partial charge in [0.2, 0.25) is 5.91 Å². The number of esters is 1. The van der Waals surface area contributed by atoms with Crippen LogP contribution in [0.2, 0.25) is 0 Å². The average molecular weight is 1010 g/mol. The van der Waals surface area contributed by atoms with Crippen molar-refractivity contribution in [1.82, 2.24) is 5.32 Å². The summed E-state index contributed by atoms with van der Waals surface area (Å²) >= 11 is 0. The van der Waals surface area contributed by atoms with Crippen LogP contribution < -0.4 is 5.32 Å². The number of nitrogens with one attached hydrogen (secondary N) is 1. The molecule has 424 valence electrons. The third-order valence-corrected chi connectivity index (χ3v) is 14.9. The summed E-state index contributed by atoms with van der Waals surface area (Å²) in [5, 5.41) is 23.4. The first kappa shape index (κ1) is 70.1. The van der Waals surface area contributed by atoms with Crippen molar-refractivity contribution in [2.45, 2.75) is 360 Å². The fourth-order valence-electron chi connectivity index (χ4n) is 9.96. The van der Waals surface area contributed by atoms with Crippen LogP contribution in [-0.4, -0.2) is 47.4 Å². The normalized spacial score (nSPS) is 12.8. The van der Waals surface area contributed by atoms with Gasteiger partial charge in [0.1, 0.15) is 0 Å². The molecule has 2 unspecified atom stereocenters. The minimum absolute atomic E-state index is 0.00547. The molecule has 72 heavy (non-hydrogen) atoms. The van der Waals surface area contributed by atoms with E-state index in [0.717, 1.165) is 51.4 Å². The maximum Gasteiger partial charge on any atom is 0.305 e. The monoisotopic (exact) mass is 1010 g/mol. The summed E-state index contributed by atoms with van der Waals surface area (Å²) in [4.78, 5) is 24.6. The van der Waals surface area contributed by atoms with Gasteiger partial charge in [0.25, 0.3) is 0 Å². The Bertz CT molecular complexity index is 1170. The van der Waals surface area contributed by atoms with E-state index in [1.807, 2.05) is 0 Å². The van der Waals surface area contributed by atoms with E-state index in [9.17, 15) is 19.8 Å². The average Bonchev–Trinajstić information content (AvgIpc) is 3.38. The molecule has 0 saturated heterocycles. The number of aliphatic hydroxyl groups excluding tert-OH is 2. The molecule has 0 aliphatic rings. The maximum atomic E-state index is 12.5. The molecule has 0 aliphatic heterocycles. The Labute approximate surface area is 449 Å². The van der Waals surface area contributed by atoms with Crippen molar-refractivity contribution in [3.05, 3.63) is 36.5 Å². The topological polar surface area (TPSA) is 95.9 Å². The second-order valence-corrected chi connectivity index (χ2v) is 22.1. The van der Waals surface area contributed by atoms with Crippen molar-refractivity contribution in [3.8, 4) is 0 Å². The van der Waals surface area contributed by atoms with Crippen molar-refractivity contribution in [2.75, 3.05) is 13.2 Å². The van der Waals surface area contributed by atoms with Crippen LogP contribution in [0.25, 0.3) is 0 Å². The number of carbonyl (C=O) groups is 2. The van der Waals surface area contributed by atoms with E-state index in [4.69, 9.17) is 4.74 Å². The lowest BCUT2D eigenvalue weighted by atomic mass is 10.0. The Morgan fingerprint density at radius 3 is 1.10 bits per heavy atom. The van der Waals surface area contributed by atoms with E-state index in [0.29, 0.717) is 25.9 Å².